The molecule has 0 nitrogen and oxygen atoms in total. The van der Waals surface area contributed by atoms with Gasteiger partial charge in [-0.05, 0) is 19.3 Å². The molecular weight excluding hydrogens is 139 g/mol. The summed E-state index contributed by atoms with van der Waals surface area (Å²) >= 11 is 5.63. The van der Waals surface area contributed by atoms with Gasteiger partial charge in [0.15, 0.2) is 0 Å². The molecule has 1 aliphatic rings. The van der Waals surface area contributed by atoms with Crippen LogP contribution >= 0.6 is 11.6 Å². The third kappa shape index (κ3) is 1.68. The number of alkyl halides is 2. The molecule has 1 rings (SSSR count). The minimum Gasteiger partial charge on any atom is -0.246 e. The maximum Gasteiger partial charge on any atom is 0.117 e. The largest absolute Gasteiger partial charge is 0.246 e. The van der Waals surface area contributed by atoms with Crippen LogP contribution in [0.2, 0.25) is 0 Å². The van der Waals surface area contributed by atoms with E-state index in [0.717, 1.165) is 12.0 Å². The van der Waals surface area contributed by atoms with Crippen molar-refractivity contribution in [3.8, 4) is 0 Å². The van der Waals surface area contributed by atoms with Crippen LogP contribution in [0.5, 0.6) is 0 Å². The molecule has 0 aromatic rings. The Morgan fingerprint density at radius 1 is 1.67 bits per heavy atom. The van der Waals surface area contributed by atoms with E-state index in [1.54, 1.807) is 0 Å². The lowest BCUT2D eigenvalue weighted by Gasteiger charge is -2.21. The molecule has 2 heteroatoms. The predicted molar refractivity (Wildman–Crippen MR) is 37.5 cm³/mol. The normalized spacial score (nSPS) is 36.9. The van der Waals surface area contributed by atoms with Gasteiger partial charge in [0.05, 0.1) is 5.38 Å². The summed E-state index contributed by atoms with van der Waals surface area (Å²) in [6, 6.07) is 0. The maximum atomic E-state index is 12.6. The van der Waals surface area contributed by atoms with Crippen LogP contribution in [0.1, 0.15) is 19.3 Å². The van der Waals surface area contributed by atoms with Crippen molar-refractivity contribution in [3.05, 3.63) is 12.2 Å². The number of rotatable bonds is 0. The summed E-state index contributed by atoms with van der Waals surface area (Å²) in [5.41, 5.74) is 1.09. The topological polar surface area (TPSA) is 0 Å². The highest BCUT2D eigenvalue weighted by molar-refractivity contribution is 6.21. The zero-order valence-corrected chi connectivity index (χ0v) is 5.99. The van der Waals surface area contributed by atoms with Gasteiger partial charge in [0.25, 0.3) is 0 Å². The summed E-state index contributed by atoms with van der Waals surface area (Å²) in [4.78, 5) is 0. The molecule has 1 saturated carbocycles. The smallest absolute Gasteiger partial charge is 0.117 e. The predicted octanol–water partition coefficient (Wildman–Crippen LogP) is 2.67. The first-order valence-corrected chi connectivity index (χ1v) is 3.58. The molecule has 0 bridgehead atoms. The van der Waals surface area contributed by atoms with Gasteiger partial charge < -0.3 is 0 Å². The van der Waals surface area contributed by atoms with Gasteiger partial charge in [-0.15, -0.1) is 11.6 Å². The van der Waals surface area contributed by atoms with Crippen LogP contribution in [0.25, 0.3) is 0 Å². The quantitative estimate of drug-likeness (QED) is 0.366. The molecule has 2 unspecified atom stereocenters. The number of hydrogen-bond acceptors (Lipinski definition) is 0. The van der Waals surface area contributed by atoms with E-state index < -0.39 is 6.17 Å². The highest BCUT2D eigenvalue weighted by atomic mass is 35.5. The van der Waals surface area contributed by atoms with Crippen LogP contribution in [0, 0.1) is 0 Å². The molecule has 0 saturated heterocycles. The first-order chi connectivity index (χ1) is 4.20. The number of hydrogen-bond donors (Lipinski definition) is 0. The fourth-order valence-electron chi connectivity index (χ4n) is 1.03. The van der Waals surface area contributed by atoms with Crippen molar-refractivity contribution in [2.45, 2.75) is 30.8 Å². The van der Waals surface area contributed by atoms with Gasteiger partial charge in [-0.3, -0.25) is 0 Å². The van der Waals surface area contributed by atoms with Crippen LogP contribution in [0.3, 0.4) is 0 Å². The summed E-state index contributed by atoms with van der Waals surface area (Å²) in [7, 11) is 0. The van der Waals surface area contributed by atoms with Crippen molar-refractivity contribution in [2.75, 3.05) is 0 Å². The van der Waals surface area contributed by atoms with Crippen molar-refractivity contribution in [1.29, 1.82) is 0 Å². The first-order valence-electron chi connectivity index (χ1n) is 3.15. The van der Waals surface area contributed by atoms with E-state index in [2.05, 4.69) is 6.58 Å². The van der Waals surface area contributed by atoms with E-state index in [4.69, 9.17) is 11.6 Å². The minimum atomic E-state index is -0.808. The summed E-state index contributed by atoms with van der Waals surface area (Å²) in [5.74, 6) is 0. The van der Waals surface area contributed by atoms with Gasteiger partial charge >= 0.3 is 0 Å². The molecule has 1 aliphatic carbocycles. The lowest BCUT2D eigenvalue weighted by atomic mass is 9.94. The highest BCUT2D eigenvalue weighted by Crippen LogP contribution is 2.28. The van der Waals surface area contributed by atoms with Crippen LogP contribution in [0.4, 0.5) is 4.39 Å². The lowest BCUT2D eigenvalue weighted by Crippen LogP contribution is -2.21. The van der Waals surface area contributed by atoms with Crippen molar-refractivity contribution in [1.82, 2.24) is 0 Å². The van der Waals surface area contributed by atoms with E-state index in [1.807, 2.05) is 0 Å². The number of allylic oxidation sites excluding steroid dienone is 1. The van der Waals surface area contributed by atoms with Crippen molar-refractivity contribution in [2.24, 2.45) is 0 Å². The van der Waals surface area contributed by atoms with Gasteiger partial charge in [-0.25, -0.2) is 4.39 Å². The van der Waals surface area contributed by atoms with E-state index in [1.165, 1.54) is 0 Å². The van der Waals surface area contributed by atoms with Crippen LogP contribution in [0.15, 0.2) is 12.2 Å². The molecule has 0 aliphatic heterocycles. The summed E-state index contributed by atoms with van der Waals surface area (Å²) in [5, 5.41) is -0.314. The molecule has 0 spiro atoms. The van der Waals surface area contributed by atoms with Gasteiger partial charge in [0, 0.05) is 0 Å². The second kappa shape index (κ2) is 2.70. The Hall–Kier alpha value is -0.0400. The molecule has 0 radical (unpaired) electrons. The second-order valence-corrected chi connectivity index (χ2v) is 3.09. The third-order valence-corrected chi connectivity index (χ3v) is 2.08. The summed E-state index contributed by atoms with van der Waals surface area (Å²) < 4.78 is 12.6. The van der Waals surface area contributed by atoms with E-state index in [9.17, 15) is 4.39 Å². The monoisotopic (exact) mass is 148 g/mol. The van der Waals surface area contributed by atoms with E-state index >= 15 is 0 Å². The Labute approximate surface area is 59.7 Å². The average molecular weight is 149 g/mol. The Morgan fingerprint density at radius 2 is 2.33 bits per heavy atom. The molecule has 9 heavy (non-hydrogen) atoms. The Kier molecular flexibility index (Phi) is 2.12. The van der Waals surface area contributed by atoms with Crippen molar-refractivity contribution >= 4 is 11.6 Å². The summed E-state index contributed by atoms with van der Waals surface area (Å²) in [6.07, 6.45) is 1.22. The highest BCUT2D eigenvalue weighted by Gasteiger charge is 2.23. The molecule has 0 N–H and O–H groups in total. The third-order valence-electron chi connectivity index (χ3n) is 1.65. The van der Waals surface area contributed by atoms with E-state index in [0.29, 0.717) is 12.8 Å². The van der Waals surface area contributed by atoms with Gasteiger partial charge in [0.2, 0.25) is 0 Å². The Balaban J connectivity index is 2.44. The first kappa shape index (κ1) is 7.07. The van der Waals surface area contributed by atoms with Crippen LogP contribution < -0.4 is 0 Å². The molecule has 0 aromatic carbocycles. The Bertz CT molecular complexity index is 122. The van der Waals surface area contributed by atoms with Gasteiger partial charge in [-0.2, -0.15) is 0 Å². The SMILES string of the molecule is C=C1CCC(F)C(Cl)C1. The Morgan fingerprint density at radius 3 is 2.78 bits per heavy atom. The molecular formula is C7H10ClF. The fraction of sp³-hybridized carbons (Fsp3) is 0.714. The second-order valence-electron chi connectivity index (χ2n) is 2.52. The molecule has 52 valence electrons. The van der Waals surface area contributed by atoms with Gasteiger partial charge in [-0.1, -0.05) is 12.2 Å². The molecule has 0 aromatic heterocycles. The molecule has 2 atom stereocenters. The van der Waals surface area contributed by atoms with E-state index in [-0.39, 0.29) is 5.38 Å². The summed E-state index contributed by atoms with van der Waals surface area (Å²) in [6.45, 7) is 3.75. The molecule has 0 heterocycles. The fourth-order valence-corrected chi connectivity index (χ4v) is 1.37. The van der Waals surface area contributed by atoms with Crippen LogP contribution in [-0.4, -0.2) is 11.5 Å². The zero-order valence-electron chi connectivity index (χ0n) is 5.24. The molecule has 1 fully saturated rings. The molecule has 0 amide bonds. The van der Waals surface area contributed by atoms with Crippen LogP contribution in [-0.2, 0) is 0 Å². The number of halogens is 2. The van der Waals surface area contributed by atoms with Crippen molar-refractivity contribution < 1.29 is 4.39 Å². The standard InChI is InChI=1S/C7H10ClF/c1-5-2-3-7(9)6(8)4-5/h6-7H,1-4H2. The maximum absolute atomic E-state index is 12.6. The van der Waals surface area contributed by atoms with Crippen molar-refractivity contribution in [3.63, 3.8) is 0 Å². The lowest BCUT2D eigenvalue weighted by molar-refractivity contribution is 0.282. The average Bonchev–Trinajstić information content (AvgIpc) is 1.80. The van der Waals surface area contributed by atoms with Gasteiger partial charge in [0.1, 0.15) is 6.17 Å². The zero-order chi connectivity index (χ0) is 6.85. The minimum absolute atomic E-state index is 0.314.